The predicted octanol–water partition coefficient (Wildman–Crippen LogP) is 4.94. The molecule has 0 aromatic heterocycles. The molecule has 1 aliphatic rings. The SMILES string of the molecule is Cc1cccc(C)c1CS(=O)(=O)c1ccc2c(c1)NC(=O)C(=Cc1ccc(N)cc1)S2. The predicted molar refractivity (Wildman–Crippen MR) is 127 cm³/mol. The molecule has 0 spiro atoms. The number of anilines is 2. The van der Waals surface area contributed by atoms with Crippen LogP contribution in [-0.2, 0) is 20.4 Å². The highest BCUT2D eigenvalue weighted by Gasteiger charge is 2.24. The number of sulfone groups is 1. The van der Waals surface area contributed by atoms with Crippen molar-refractivity contribution in [1.29, 1.82) is 0 Å². The van der Waals surface area contributed by atoms with Gasteiger partial charge in [0, 0.05) is 10.6 Å². The van der Waals surface area contributed by atoms with Crippen molar-refractivity contribution in [1.82, 2.24) is 0 Å². The number of rotatable bonds is 4. The van der Waals surface area contributed by atoms with Gasteiger partial charge in [-0.1, -0.05) is 42.1 Å². The van der Waals surface area contributed by atoms with Gasteiger partial charge in [-0.3, -0.25) is 4.79 Å². The maximum Gasteiger partial charge on any atom is 0.262 e. The maximum absolute atomic E-state index is 13.1. The molecular formula is C24H22N2O3S2. The van der Waals surface area contributed by atoms with Gasteiger partial charge in [0.1, 0.15) is 0 Å². The Labute approximate surface area is 186 Å². The van der Waals surface area contributed by atoms with Crippen molar-refractivity contribution >= 4 is 45.0 Å². The largest absolute Gasteiger partial charge is 0.399 e. The molecule has 1 heterocycles. The minimum Gasteiger partial charge on any atom is -0.399 e. The van der Waals surface area contributed by atoms with Crippen molar-refractivity contribution in [3.8, 4) is 0 Å². The van der Waals surface area contributed by atoms with E-state index in [0.717, 1.165) is 27.1 Å². The number of amides is 1. The molecule has 1 aliphatic heterocycles. The number of fused-ring (bicyclic) bond motifs is 1. The van der Waals surface area contributed by atoms with Gasteiger partial charge in [0.15, 0.2) is 9.84 Å². The normalized spacial score (nSPS) is 14.9. The summed E-state index contributed by atoms with van der Waals surface area (Å²) < 4.78 is 26.1. The Morgan fingerprint density at radius 1 is 1.00 bits per heavy atom. The molecule has 158 valence electrons. The first-order chi connectivity index (χ1) is 14.7. The number of nitrogens with two attached hydrogens (primary N) is 1. The number of thioether (sulfide) groups is 1. The Morgan fingerprint density at radius 3 is 2.35 bits per heavy atom. The van der Waals surface area contributed by atoms with Crippen LogP contribution in [0.3, 0.4) is 0 Å². The highest BCUT2D eigenvalue weighted by atomic mass is 32.2. The molecule has 1 amide bonds. The lowest BCUT2D eigenvalue weighted by atomic mass is 10.1. The van der Waals surface area contributed by atoms with E-state index >= 15 is 0 Å². The zero-order valence-electron chi connectivity index (χ0n) is 17.2. The fourth-order valence-corrected chi connectivity index (χ4v) is 5.93. The van der Waals surface area contributed by atoms with Crippen LogP contribution < -0.4 is 11.1 Å². The summed E-state index contributed by atoms with van der Waals surface area (Å²) in [4.78, 5) is 14.1. The maximum atomic E-state index is 13.1. The molecular weight excluding hydrogens is 428 g/mol. The molecule has 0 saturated carbocycles. The van der Waals surface area contributed by atoms with E-state index in [2.05, 4.69) is 5.32 Å². The average Bonchev–Trinajstić information content (AvgIpc) is 2.72. The summed E-state index contributed by atoms with van der Waals surface area (Å²) in [6, 6.07) is 17.9. The molecule has 0 saturated heterocycles. The highest BCUT2D eigenvalue weighted by molar-refractivity contribution is 8.04. The zero-order valence-corrected chi connectivity index (χ0v) is 18.8. The fraction of sp³-hybridized carbons (Fsp3) is 0.125. The lowest BCUT2D eigenvalue weighted by molar-refractivity contribution is -0.112. The van der Waals surface area contributed by atoms with E-state index in [-0.39, 0.29) is 16.6 Å². The second-order valence-electron chi connectivity index (χ2n) is 7.52. The minimum atomic E-state index is -3.56. The number of benzene rings is 3. The van der Waals surface area contributed by atoms with Gasteiger partial charge in [0.25, 0.3) is 5.91 Å². The first-order valence-electron chi connectivity index (χ1n) is 9.71. The lowest BCUT2D eigenvalue weighted by Crippen LogP contribution is -2.18. The van der Waals surface area contributed by atoms with Crippen LogP contribution in [-0.4, -0.2) is 14.3 Å². The summed E-state index contributed by atoms with van der Waals surface area (Å²) in [7, 11) is -3.56. The van der Waals surface area contributed by atoms with E-state index < -0.39 is 9.84 Å². The van der Waals surface area contributed by atoms with Crippen LogP contribution in [0.2, 0.25) is 0 Å². The summed E-state index contributed by atoms with van der Waals surface area (Å²) in [5.41, 5.74) is 10.4. The van der Waals surface area contributed by atoms with Gasteiger partial charge in [-0.15, -0.1) is 0 Å². The number of nitrogen functional groups attached to an aromatic ring is 1. The molecule has 0 bridgehead atoms. The van der Waals surface area contributed by atoms with Crippen LogP contribution in [0.25, 0.3) is 6.08 Å². The van der Waals surface area contributed by atoms with Crippen molar-refractivity contribution in [2.75, 3.05) is 11.1 Å². The third kappa shape index (κ3) is 4.52. The number of carbonyl (C=O) groups is 1. The summed E-state index contributed by atoms with van der Waals surface area (Å²) in [6.07, 6.45) is 1.79. The number of aryl methyl sites for hydroxylation is 2. The highest BCUT2D eigenvalue weighted by Crippen LogP contribution is 2.40. The molecule has 0 aliphatic carbocycles. The average molecular weight is 451 g/mol. The van der Waals surface area contributed by atoms with Crippen LogP contribution in [0.15, 0.2) is 75.4 Å². The summed E-state index contributed by atoms with van der Waals surface area (Å²) in [5, 5.41) is 2.82. The molecule has 7 heteroatoms. The van der Waals surface area contributed by atoms with Gasteiger partial charge >= 0.3 is 0 Å². The molecule has 0 radical (unpaired) electrons. The number of hydrogen-bond acceptors (Lipinski definition) is 5. The van der Waals surface area contributed by atoms with Crippen LogP contribution in [0.5, 0.6) is 0 Å². The molecule has 0 fully saturated rings. The smallest absolute Gasteiger partial charge is 0.262 e. The van der Waals surface area contributed by atoms with Crippen LogP contribution >= 0.6 is 11.8 Å². The second kappa shape index (κ2) is 8.24. The topological polar surface area (TPSA) is 89.3 Å². The van der Waals surface area contributed by atoms with Crippen molar-refractivity contribution in [3.63, 3.8) is 0 Å². The molecule has 31 heavy (non-hydrogen) atoms. The van der Waals surface area contributed by atoms with E-state index in [9.17, 15) is 13.2 Å². The second-order valence-corrected chi connectivity index (χ2v) is 10.6. The Hall–Kier alpha value is -3.03. The summed E-state index contributed by atoms with van der Waals surface area (Å²) in [5.74, 6) is -0.341. The van der Waals surface area contributed by atoms with E-state index in [1.54, 1.807) is 36.4 Å². The van der Waals surface area contributed by atoms with E-state index in [4.69, 9.17) is 5.73 Å². The summed E-state index contributed by atoms with van der Waals surface area (Å²) in [6.45, 7) is 3.83. The third-order valence-electron chi connectivity index (χ3n) is 5.22. The third-order valence-corrected chi connectivity index (χ3v) is 7.96. The van der Waals surface area contributed by atoms with Gasteiger partial charge in [0.2, 0.25) is 0 Å². The Morgan fingerprint density at radius 2 is 1.68 bits per heavy atom. The molecule has 0 unspecified atom stereocenters. The number of carbonyl (C=O) groups excluding carboxylic acids is 1. The quantitative estimate of drug-likeness (QED) is 0.434. The Kier molecular flexibility index (Phi) is 5.64. The van der Waals surface area contributed by atoms with Gasteiger partial charge in [-0.2, -0.15) is 0 Å². The number of hydrogen-bond donors (Lipinski definition) is 2. The number of nitrogens with one attached hydrogen (secondary N) is 1. The Balaban J connectivity index is 1.62. The van der Waals surface area contributed by atoms with Crippen LogP contribution in [0, 0.1) is 13.8 Å². The van der Waals surface area contributed by atoms with Crippen LogP contribution in [0.1, 0.15) is 22.3 Å². The van der Waals surface area contributed by atoms with Gasteiger partial charge < -0.3 is 11.1 Å². The fourth-order valence-electron chi connectivity index (χ4n) is 3.43. The first kappa shape index (κ1) is 21.2. The van der Waals surface area contributed by atoms with Crippen molar-refractivity contribution < 1.29 is 13.2 Å². The van der Waals surface area contributed by atoms with Crippen molar-refractivity contribution in [2.24, 2.45) is 0 Å². The van der Waals surface area contributed by atoms with E-state index in [0.29, 0.717) is 16.3 Å². The van der Waals surface area contributed by atoms with Crippen LogP contribution in [0.4, 0.5) is 11.4 Å². The van der Waals surface area contributed by atoms with Gasteiger partial charge in [0.05, 0.1) is 21.2 Å². The summed E-state index contributed by atoms with van der Waals surface area (Å²) >= 11 is 1.32. The monoisotopic (exact) mass is 450 g/mol. The molecule has 4 rings (SSSR count). The molecule has 5 nitrogen and oxygen atoms in total. The van der Waals surface area contributed by atoms with Gasteiger partial charge in [-0.25, -0.2) is 8.42 Å². The lowest BCUT2D eigenvalue weighted by Gasteiger charge is -2.20. The minimum absolute atomic E-state index is 0.0757. The molecule has 3 aromatic carbocycles. The van der Waals surface area contributed by atoms with Crippen molar-refractivity contribution in [2.45, 2.75) is 29.4 Å². The van der Waals surface area contributed by atoms with Gasteiger partial charge in [-0.05, 0) is 72.5 Å². The molecule has 3 aromatic rings. The molecule has 0 atom stereocenters. The van der Waals surface area contributed by atoms with E-state index in [1.165, 1.54) is 11.8 Å². The van der Waals surface area contributed by atoms with E-state index in [1.807, 2.05) is 44.2 Å². The van der Waals surface area contributed by atoms with Crippen molar-refractivity contribution in [3.05, 3.63) is 87.8 Å². The zero-order chi connectivity index (χ0) is 22.2. The Bertz CT molecular complexity index is 1290. The standard InChI is InChI=1S/C24H22N2O3S2/c1-15-4-3-5-16(2)20(15)14-31(28,29)19-10-11-22-21(13-19)26-24(27)23(30-22)12-17-6-8-18(25)9-7-17/h3-13H,14,25H2,1-2H3,(H,26,27). The first-order valence-corrected chi connectivity index (χ1v) is 12.2. The molecule has 3 N–H and O–H groups in total.